The van der Waals surface area contributed by atoms with Gasteiger partial charge < -0.3 is 19.9 Å². The highest BCUT2D eigenvalue weighted by Gasteiger charge is 2.44. The molecule has 1 aliphatic rings. The van der Waals surface area contributed by atoms with Gasteiger partial charge in [-0.2, -0.15) is 0 Å². The zero-order chi connectivity index (χ0) is 12.7. The number of nitrogens with zero attached hydrogens (tertiary/aromatic N) is 1. The molecular formula is C12H26N2O3. The molecular weight excluding hydrogens is 220 g/mol. The summed E-state index contributed by atoms with van der Waals surface area (Å²) in [5.41, 5.74) is 5.94. The van der Waals surface area contributed by atoms with Crippen molar-refractivity contribution in [3.8, 4) is 0 Å². The maximum Gasteiger partial charge on any atom is 0.0743 e. The van der Waals surface area contributed by atoms with E-state index in [2.05, 4.69) is 11.8 Å². The van der Waals surface area contributed by atoms with Crippen LogP contribution in [0.5, 0.6) is 0 Å². The molecule has 0 bridgehead atoms. The zero-order valence-electron chi connectivity index (χ0n) is 11.3. The molecule has 1 heterocycles. The van der Waals surface area contributed by atoms with E-state index in [9.17, 15) is 0 Å². The highest BCUT2D eigenvalue weighted by atomic mass is 16.5. The van der Waals surface area contributed by atoms with Crippen molar-refractivity contribution in [1.29, 1.82) is 0 Å². The SMILES string of the molecule is COCCN(CCOC)C1(CN)CCOC1C. The predicted molar refractivity (Wildman–Crippen MR) is 67.1 cm³/mol. The van der Waals surface area contributed by atoms with Crippen LogP contribution in [0.4, 0.5) is 0 Å². The molecule has 1 rings (SSSR count). The van der Waals surface area contributed by atoms with E-state index in [0.29, 0.717) is 19.8 Å². The molecule has 0 aliphatic carbocycles. The van der Waals surface area contributed by atoms with E-state index in [0.717, 1.165) is 26.1 Å². The molecule has 2 unspecified atom stereocenters. The van der Waals surface area contributed by atoms with Gasteiger partial charge in [0, 0.05) is 40.5 Å². The van der Waals surface area contributed by atoms with Crippen molar-refractivity contribution in [3.05, 3.63) is 0 Å². The summed E-state index contributed by atoms with van der Waals surface area (Å²) in [4.78, 5) is 2.36. The van der Waals surface area contributed by atoms with Gasteiger partial charge in [0.15, 0.2) is 0 Å². The number of rotatable bonds is 8. The average molecular weight is 246 g/mol. The summed E-state index contributed by atoms with van der Waals surface area (Å²) in [6.45, 7) is 6.65. The normalized spacial score (nSPS) is 29.1. The smallest absolute Gasteiger partial charge is 0.0743 e. The number of hydrogen-bond acceptors (Lipinski definition) is 5. The van der Waals surface area contributed by atoms with E-state index >= 15 is 0 Å². The first-order valence-electron chi connectivity index (χ1n) is 6.26. The van der Waals surface area contributed by atoms with Gasteiger partial charge in [0.1, 0.15) is 0 Å². The van der Waals surface area contributed by atoms with Crippen molar-refractivity contribution in [2.45, 2.75) is 25.0 Å². The Kier molecular flexibility index (Phi) is 6.37. The number of hydrogen-bond donors (Lipinski definition) is 1. The maximum atomic E-state index is 6.00. The van der Waals surface area contributed by atoms with Gasteiger partial charge in [0.25, 0.3) is 0 Å². The maximum absolute atomic E-state index is 6.00. The van der Waals surface area contributed by atoms with E-state index < -0.39 is 0 Å². The van der Waals surface area contributed by atoms with Crippen LogP contribution in [0, 0.1) is 0 Å². The molecule has 0 saturated carbocycles. The van der Waals surface area contributed by atoms with Crippen LogP contribution in [0.3, 0.4) is 0 Å². The fraction of sp³-hybridized carbons (Fsp3) is 1.00. The molecule has 5 nitrogen and oxygen atoms in total. The lowest BCUT2D eigenvalue weighted by atomic mass is 9.89. The standard InChI is InChI=1S/C12H26N2O3/c1-11-12(10-13,4-7-17-11)14(5-8-15-2)6-9-16-3/h11H,4-10,13H2,1-3H3. The van der Waals surface area contributed by atoms with Crippen LogP contribution in [0.2, 0.25) is 0 Å². The van der Waals surface area contributed by atoms with Crippen LogP contribution < -0.4 is 5.73 Å². The second-order valence-corrected chi connectivity index (χ2v) is 4.54. The van der Waals surface area contributed by atoms with Crippen LogP contribution in [0.1, 0.15) is 13.3 Å². The van der Waals surface area contributed by atoms with Crippen molar-refractivity contribution in [2.75, 3.05) is 53.7 Å². The summed E-state index contributed by atoms with van der Waals surface area (Å²) in [6, 6.07) is 0. The molecule has 0 amide bonds. The summed E-state index contributed by atoms with van der Waals surface area (Å²) in [7, 11) is 3.44. The van der Waals surface area contributed by atoms with Gasteiger partial charge in [0.05, 0.1) is 24.9 Å². The number of ether oxygens (including phenoxy) is 3. The quantitative estimate of drug-likeness (QED) is 0.658. The van der Waals surface area contributed by atoms with Crippen molar-refractivity contribution >= 4 is 0 Å². The largest absolute Gasteiger partial charge is 0.383 e. The molecule has 2 atom stereocenters. The van der Waals surface area contributed by atoms with E-state index in [1.54, 1.807) is 14.2 Å². The first-order chi connectivity index (χ1) is 8.21. The van der Waals surface area contributed by atoms with Gasteiger partial charge in [-0.05, 0) is 13.3 Å². The Morgan fingerprint density at radius 2 is 1.88 bits per heavy atom. The van der Waals surface area contributed by atoms with Gasteiger partial charge >= 0.3 is 0 Å². The van der Waals surface area contributed by atoms with E-state index in [1.165, 1.54) is 0 Å². The Bertz CT molecular complexity index is 208. The summed E-state index contributed by atoms with van der Waals surface area (Å²) in [5, 5.41) is 0. The van der Waals surface area contributed by atoms with Crippen molar-refractivity contribution < 1.29 is 14.2 Å². The fourth-order valence-electron chi connectivity index (χ4n) is 2.54. The van der Waals surface area contributed by atoms with E-state index in [-0.39, 0.29) is 11.6 Å². The van der Waals surface area contributed by atoms with Crippen LogP contribution in [-0.4, -0.2) is 70.2 Å². The monoisotopic (exact) mass is 246 g/mol. The lowest BCUT2D eigenvalue weighted by Gasteiger charge is -2.42. The fourth-order valence-corrected chi connectivity index (χ4v) is 2.54. The van der Waals surface area contributed by atoms with Crippen molar-refractivity contribution in [3.63, 3.8) is 0 Å². The lowest BCUT2D eigenvalue weighted by Crippen LogP contribution is -2.59. The first kappa shape index (κ1) is 14.9. The van der Waals surface area contributed by atoms with E-state index in [1.807, 2.05) is 0 Å². The number of methoxy groups -OCH3 is 2. The second kappa shape index (κ2) is 7.28. The van der Waals surface area contributed by atoms with Gasteiger partial charge in [-0.1, -0.05) is 0 Å². The molecule has 1 saturated heterocycles. The minimum absolute atomic E-state index is 0.0585. The van der Waals surface area contributed by atoms with Crippen molar-refractivity contribution in [1.82, 2.24) is 4.90 Å². The van der Waals surface area contributed by atoms with Gasteiger partial charge in [0.2, 0.25) is 0 Å². The van der Waals surface area contributed by atoms with Crippen LogP contribution in [0.25, 0.3) is 0 Å². The Morgan fingerprint density at radius 3 is 2.24 bits per heavy atom. The van der Waals surface area contributed by atoms with E-state index in [4.69, 9.17) is 19.9 Å². The molecule has 102 valence electrons. The third-order valence-corrected chi connectivity index (χ3v) is 3.77. The van der Waals surface area contributed by atoms with Crippen LogP contribution >= 0.6 is 0 Å². The van der Waals surface area contributed by atoms with Gasteiger partial charge in [-0.25, -0.2) is 0 Å². The summed E-state index contributed by atoms with van der Waals surface area (Å²) >= 11 is 0. The summed E-state index contributed by atoms with van der Waals surface area (Å²) in [5.74, 6) is 0. The predicted octanol–water partition coefficient (Wildman–Crippen LogP) is 0.0875. The molecule has 1 fully saturated rings. The highest BCUT2D eigenvalue weighted by molar-refractivity contribution is 5.00. The summed E-state index contributed by atoms with van der Waals surface area (Å²) < 4.78 is 16.0. The molecule has 0 spiro atoms. The van der Waals surface area contributed by atoms with Crippen LogP contribution in [0.15, 0.2) is 0 Å². The molecule has 1 aliphatic heterocycles. The third-order valence-electron chi connectivity index (χ3n) is 3.77. The summed E-state index contributed by atoms with van der Waals surface area (Å²) in [6.07, 6.45) is 1.15. The molecule has 2 N–H and O–H groups in total. The highest BCUT2D eigenvalue weighted by Crippen LogP contribution is 2.31. The molecule has 0 aromatic rings. The Labute approximate surface area is 104 Å². The average Bonchev–Trinajstić information content (AvgIpc) is 2.72. The molecule has 5 heteroatoms. The molecule has 0 radical (unpaired) electrons. The second-order valence-electron chi connectivity index (χ2n) is 4.54. The first-order valence-corrected chi connectivity index (χ1v) is 6.26. The molecule has 17 heavy (non-hydrogen) atoms. The Balaban J connectivity index is 2.69. The zero-order valence-corrected chi connectivity index (χ0v) is 11.3. The topological polar surface area (TPSA) is 57.0 Å². The molecule has 0 aromatic heterocycles. The Hall–Kier alpha value is -0.200. The van der Waals surface area contributed by atoms with Gasteiger partial charge in [-0.15, -0.1) is 0 Å². The lowest BCUT2D eigenvalue weighted by molar-refractivity contribution is -0.00879. The number of nitrogens with two attached hydrogens (primary N) is 1. The van der Waals surface area contributed by atoms with Crippen LogP contribution in [-0.2, 0) is 14.2 Å². The Morgan fingerprint density at radius 1 is 1.29 bits per heavy atom. The minimum atomic E-state index is -0.0585. The van der Waals surface area contributed by atoms with Gasteiger partial charge in [-0.3, -0.25) is 4.90 Å². The van der Waals surface area contributed by atoms with Crippen molar-refractivity contribution in [2.24, 2.45) is 5.73 Å². The minimum Gasteiger partial charge on any atom is -0.383 e. The third kappa shape index (κ3) is 3.39. The molecule has 0 aromatic carbocycles.